The lowest BCUT2D eigenvalue weighted by atomic mass is 9.78. The van der Waals surface area contributed by atoms with Crippen molar-refractivity contribution >= 4 is 0 Å². The Bertz CT molecular complexity index is 1010. The maximum absolute atomic E-state index is 12.8. The van der Waals surface area contributed by atoms with Gasteiger partial charge in [0.05, 0.1) is 11.0 Å². The Morgan fingerprint density at radius 2 is 1.57 bits per heavy atom. The largest absolute Gasteiger partial charge is 0.439 e. The molecule has 0 N–H and O–H groups in total. The summed E-state index contributed by atoms with van der Waals surface area (Å²) in [7, 11) is 0. The van der Waals surface area contributed by atoms with E-state index in [-0.39, 0.29) is 0 Å². The van der Waals surface area contributed by atoms with Crippen molar-refractivity contribution in [3.63, 3.8) is 0 Å². The molecule has 0 amide bonds. The molecule has 0 aliphatic rings. The fourth-order valence-corrected chi connectivity index (χ4v) is 3.21. The number of aromatic nitrogens is 1. The summed E-state index contributed by atoms with van der Waals surface area (Å²) in [5, 5.41) is 0. The third-order valence-electron chi connectivity index (χ3n) is 5.02. The summed E-state index contributed by atoms with van der Waals surface area (Å²) in [6.07, 6.45) is 3.44. The zero-order valence-corrected chi connectivity index (χ0v) is 16.6. The number of terminal acetylenes is 1. The molecule has 0 aliphatic heterocycles. The molecule has 1 unspecified atom stereocenters. The normalized spacial score (nSPS) is 13.3. The standard InChI is InChI=1S/C25H22F3NO/c1-3-24(2,19-14-16-20(17-15-19)25(26,27)28)18-8-10-21-9-7-13-23(29-21)30-22-11-5-4-6-12-22/h1,4-7,9,11-17H,8,10,18H2,2H3. The summed E-state index contributed by atoms with van der Waals surface area (Å²) >= 11 is 0. The number of nitrogens with zero attached hydrogens (tertiary/aromatic N) is 1. The van der Waals surface area contributed by atoms with Gasteiger partial charge in [-0.25, -0.2) is 4.98 Å². The molecule has 30 heavy (non-hydrogen) atoms. The van der Waals surface area contributed by atoms with Crippen molar-refractivity contribution in [3.8, 4) is 24.0 Å². The second-order valence-electron chi connectivity index (χ2n) is 7.29. The SMILES string of the molecule is C#CC(C)(CCCc1cccc(Oc2ccccc2)n1)c1ccc(C(F)(F)F)cc1. The second kappa shape index (κ2) is 9.04. The van der Waals surface area contributed by atoms with E-state index >= 15 is 0 Å². The van der Waals surface area contributed by atoms with Crippen LogP contribution in [0.1, 0.15) is 36.6 Å². The molecule has 0 radical (unpaired) electrons. The molecule has 2 nitrogen and oxygen atoms in total. The van der Waals surface area contributed by atoms with E-state index in [4.69, 9.17) is 11.2 Å². The Morgan fingerprint density at radius 3 is 2.20 bits per heavy atom. The van der Waals surface area contributed by atoms with Gasteiger partial charge in [-0.15, -0.1) is 6.42 Å². The Kier molecular flexibility index (Phi) is 6.47. The van der Waals surface area contributed by atoms with Gasteiger partial charge >= 0.3 is 6.18 Å². The lowest BCUT2D eigenvalue weighted by Gasteiger charge is -2.24. The first-order chi connectivity index (χ1) is 14.3. The van der Waals surface area contributed by atoms with Gasteiger partial charge in [0.2, 0.25) is 5.88 Å². The van der Waals surface area contributed by atoms with E-state index < -0.39 is 17.2 Å². The van der Waals surface area contributed by atoms with Crippen LogP contribution in [-0.4, -0.2) is 4.98 Å². The number of para-hydroxylation sites is 1. The van der Waals surface area contributed by atoms with Gasteiger partial charge in [0, 0.05) is 11.8 Å². The average molecular weight is 409 g/mol. The molecule has 0 saturated carbocycles. The van der Waals surface area contributed by atoms with Gasteiger partial charge in [0.1, 0.15) is 5.75 Å². The van der Waals surface area contributed by atoms with Crippen LogP contribution in [0.25, 0.3) is 0 Å². The third kappa shape index (κ3) is 5.42. The number of aryl methyl sites for hydroxylation is 1. The fourth-order valence-electron chi connectivity index (χ4n) is 3.21. The number of halogens is 3. The van der Waals surface area contributed by atoms with Gasteiger partial charge in [0.25, 0.3) is 0 Å². The minimum Gasteiger partial charge on any atom is -0.439 e. The molecule has 0 spiro atoms. The van der Waals surface area contributed by atoms with E-state index in [0.29, 0.717) is 30.0 Å². The van der Waals surface area contributed by atoms with Crippen LogP contribution in [0.4, 0.5) is 13.2 Å². The molecule has 0 bridgehead atoms. The third-order valence-corrected chi connectivity index (χ3v) is 5.02. The van der Waals surface area contributed by atoms with Gasteiger partial charge in [-0.3, -0.25) is 0 Å². The first-order valence-corrected chi connectivity index (χ1v) is 9.64. The van der Waals surface area contributed by atoms with E-state index in [1.807, 2.05) is 49.4 Å². The number of alkyl halides is 3. The summed E-state index contributed by atoms with van der Waals surface area (Å²) < 4.78 is 44.2. The van der Waals surface area contributed by atoms with Gasteiger partial charge in [-0.2, -0.15) is 13.2 Å². The van der Waals surface area contributed by atoms with Crippen LogP contribution in [0, 0.1) is 12.3 Å². The maximum Gasteiger partial charge on any atom is 0.416 e. The summed E-state index contributed by atoms with van der Waals surface area (Å²) in [5.41, 5.74) is 0.245. The molecule has 3 aromatic rings. The van der Waals surface area contributed by atoms with E-state index in [1.54, 1.807) is 6.07 Å². The maximum atomic E-state index is 12.8. The summed E-state index contributed by atoms with van der Waals surface area (Å²) in [6.45, 7) is 1.87. The van der Waals surface area contributed by atoms with Crippen LogP contribution in [0.2, 0.25) is 0 Å². The zero-order chi connectivity index (χ0) is 21.6. The number of pyridine rings is 1. The molecule has 3 rings (SSSR count). The van der Waals surface area contributed by atoms with Crippen molar-refractivity contribution in [1.82, 2.24) is 4.98 Å². The topological polar surface area (TPSA) is 22.1 Å². The molecule has 0 aliphatic carbocycles. The van der Waals surface area contributed by atoms with E-state index in [0.717, 1.165) is 24.2 Å². The first kappa shape index (κ1) is 21.4. The van der Waals surface area contributed by atoms with Gasteiger partial charge in [0.15, 0.2) is 0 Å². The van der Waals surface area contributed by atoms with Crippen LogP contribution < -0.4 is 4.74 Å². The highest BCUT2D eigenvalue weighted by Crippen LogP contribution is 2.33. The van der Waals surface area contributed by atoms with Crippen LogP contribution in [0.3, 0.4) is 0 Å². The molecule has 1 atom stereocenters. The van der Waals surface area contributed by atoms with E-state index in [9.17, 15) is 13.2 Å². The molecular formula is C25H22F3NO. The molecule has 2 aromatic carbocycles. The molecule has 5 heteroatoms. The van der Waals surface area contributed by atoms with Crippen LogP contribution >= 0.6 is 0 Å². The lowest BCUT2D eigenvalue weighted by Crippen LogP contribution is -2.20. The predicted octanol–water partition coefficient (Wildman–Crippen LogP) is 6.81. The Labute approximate surface area is 174 Å². The van der Waals surface area contributed by atoms with Crippen molar-refractivity contribution in [1.29, 1.82) is 0 Å². The van der Waals surface area contributed by atoms with Crippen molar-refractivity contribution in [2.75, 3.05) is 0 Å². The van der Waals surface area contributed by atoms with Gasteiger partial charge < -0.3 is 4.74 Å². The average Bonchev–Trinajstić information content (AvgIpc) is 2.74. The smallest absolute Gasteiger partial charge is 0.416 e. The minimum absolute atomic E-state index is 0.515. The summed E-state index contributed by atoms with van der Waals surface area (Å²) in [5.74, 6) is 3.98. The number of hydrogen-bond donors (Lipinski definition) is 0. The van der Waals surface area contributed by atoms with E-state index in [2.05, 4.69) is 10.9 Å². The fraction of sp³-hybridized carbons (Fsp3) is 0.240. The predicted molar refractivity (Wildman–Crippen MR) is 111 cm³/mol. The van der Waals surface area contributed by atoms with Crippen molar-refractivity contribution < 1.29 is 17.9 Å². The second-order valence-corrected chi connectivity index (χ2v) is 7.29. The van der Waals surface area contributed by atoms with Crippen molar-refractivity contribution in [3.05, 3.63) is 89.6 Å². The number of benzene rings is 2. The molecule has 1 aromatic heterocycles. The molecule has 0 saturated heterocycles. The lowest BCUT2D eigenvalue weighted by molar-refractivity contribution is -0.137. The van der Waals surface area contributed by atoms with Gasteiger partial charge in [-0.05, 0) is 62.1 Å². The summed E-state index contributed by atoms with van der Waals surface area (Å²) in [6, 6.07) is 20.1. The van der Waals surface area contributed by atoms with Crippen molar-refractivity contribution in [2.24, 2.45) is 0 Å². The molecule has 0 fully saturated rings. The highest BCUT2D eigenvalue weighted by atomic mass is 19.4. The molecular weight excluding hydrogens is 387 g/mol. The molecule has 154 valence electrons. The Hall–Kier alpha value is -3.26. The Morgan fingerprint density at radius 1 is 0.900 bits per heavy atom. The minimum atomic E-state index is -4.36. The highest BCUT2D eigenvalue weighted by Gasteiger charge is 2.31. The zero-order valence-electron chi connectivity index (χ0n) is 16.6. The monoisotopic (exact) mass is 409 g/mol. The van der Waals surface area contributed by atoms with Gasteiger partial charge in [-0.1, -0.05) is 42.3 Å². The highest BCUT2D eigenvalue weighted by molar-refractivity contribution is 5.36. The Balaban J connectivity index is 1.63. The quantitative estimate of drug-likeness (QED) is 0.400. The van der Waals surface area contributed by atoms with Crippen LogP contribution in [-0.2, 0) is 18.0 Å². The number of rotatable bonds is 7. The molecule has 1 heterocycles. The first-order valence-electron chi connectivity index (χ1n) is 9.64. The van der Waals surface area contributed by atoms with Crippen molar-refractivity contribution in [2.45, 2.75) is 37.8 Å². The van der Waals surface area contributed by atoms with E-state index in [1.165, 1.54) is 12.1 Å². The van der Waals surface area contributed by atoms with Crippen LogP contribution in [0.15, 0.2) is 72.8 Å². The van der Waals surface area contributed by atoms with Crippen LogP contribution in [0.5, 0.6) is 11.6 Å². The summed E-state index contributed by atoms with van der Waals surface area (Å²) in [4.78, 5) is 4.53. The number of hydrogen-bond acceptors (Lipinski definition) is 2. The number of ether oxygens (including phenoxy) is 1.